The minimum Gasteiger partial charge on any atom is -0.396 e. The van der Waals surface area contributed by atoms with Crippen molar-refractivity contribution >= 4 is 16.5 Å². The fourth-order valence-electron chi connectivity index (χ4n) is 1.57. The van der Waals surface area contributed by atoms with E-state index < -0.39 is 10.8 Å². The topological polar surface area (TPSA) is 56.0 Å². The van der Waals surface area contributed by atoms with E-state index in [-0.39, 0.29) is 0 Å². The van der Waals surface area contributed by atoms with Crippen LogP contribution in [-0.4, -0.2) is 14.9 Å². The number of rotatable bonds is 4. The molecule has 0 aliphatic carbocycles. The van der Waals surface area contributed by atoms with E-state index in [1.807, 2.05) is 30.3 Å². The third kappa shape index (κ3) is 3.14. The minimum atomic E-state index is -1.06. The summed E-state index contributed by atoms with van der Waals surface area (Å²) in [6.07, 6.45) is 3.94. The quantitative estimate of drug-likeness (QED) is 0.898. The normalized spacial score (nSPS) is 12.2. The SMILES string of the molecule is Nc1cnccc1S(=O)CCc1ccccc1. The summed E-state index contributed by atoms with van der Waals surface area (Å²) in [7, 11) is -1.06. The van der Waals surface area contributed by atoms with Gasteiger partial charge in [-0.2, -0.15) is 0 Å². The molecule has 1 heterocycles. The van der Waals surface area contributed by atoms with Crippen molar-refractivity contribution in [3.8, 4) is 0 Å². The lowest BCUT2D eigenvalue weighted by Gasteiger charge is -2.05. The lowest BCUT2D eigenvalue weighted by molar-refractivity contribution is 0.682. The molecular formula is C13H14N2OS. The van der Waals surface area contributed by atoms with Gasteiger partial charge in [0.05, 0.1) is 27.6 Å². The lowest BCUT2D eigenvalue weighted by atomic mass is 10.2. The summed E-state index contributed by atoms with van der Waals surface area (Å²) >= 11 is 0. The molecule has 17 heavy (non-hydrogen) atoms. The number of aromatic nitrogens is 1. The molecule has 0 fully saturated rings. The zero-order chi connectivity index (χ0) is 12.1. The Morgan fingerprint density at radius 2 is 1.94 bits per heavy atom. The Labute approximate surface area is 103 Å². The Bertz CT molecular complexity index is 514. The van der Waals surface area contributed by atoms with Crippen LogP contribution in [-0.2, 0) is 17.2 Å². The fraction of sp³-hybridized carbons (Fsp3) is 0.154. The van der Waals surface area contributed by atoms with E-state index in [4.69, 9.17) is 5.73 Å². The van der Waals surface area contributed by atoms with E-state index in [2.05, 4.69) is 4.98 Å². The van der Waals surface area contributed by atoms with Crippen LogP contribution in [0.25, 0.3) is 0 Å². The van der Waals surface area contributed by atoms with E-state index in [1.165, 1.54) is 11.8 Å². The van der Waals surface area contributed by atoms with E-state index in [0.717, 1.165) is 6.42 Å². The van der Waals surface area contributed by atoms with E-state index in [0.29, 0.717) is 16.3 Å². The van der Waals surface area contributed by atoms with Crippen LogP contribution < -0.4 is 5.73 Å². The maximum absolute atomic E-state index is 12.0. The summed E-state index contributed by atoms with van der Waals surface area (Å²) in [6, 6.07) is 11.7. The number of benzene rings is 1. The number of anilines is 1. The second kappa shape index (κ2) is 5.59. The molecule has 0 saturated carbocycles. The Balaban J connectivity index is 2.01. The Hall–Kier alpha value is -1.68. The van der Waals surface area contributed by atoms with Crippen molar-refractivity contribution in [2.75, 3.05) is 11.5 Å². The first-order valence-electron chi connectivity index (χ1n) is 5.39. The van der Waals surface area contributed by atoms with Gasteiger partial charge in [0.1, 0.15) is 0 Å². The third-order valence-corrected chi connectivity index (χ3v) is 3.91. The van der Waals surface area contributed by atoms with Gasteiger partial charge in [-0.05, 0) is 18.1 Å². The van der Waals surface area contributed by atoms with Crippen LogP contribution in [0.1, 0.15) is 5.56 Å². The summed E-state index contributed by atoms with van der Waals surface area (Å²) < 4.78 is 12.0. The minimum absolute atomic E-state index is 0.499. The number of pyridine rings is 1. The van der Waals surface area contributed by atoms with E-state index >= 15 is 0 Å². The van der Waals surface area contributed by atoms with Crippen LogP contribution in [0.2, 0.25) is 0 Å². The molecule has 0 saturated heterocycles. The van der Waals surface area contributed by atoms with Gasteiger partial charge in [-0.15, -0.1) is 0 Å². The zero-order valence-corrected chi connectivity index (χ0v) is 10.2. The molecule has 0 radical (unpaired) electrons. The van der Waals surface area contributed by atoms with Crippen LogP contribution in [0.3, 0.4) is 0 Å². The monoisotopic (exact) mass is 246 g/mol. The van der Waals surface area contributed by atoms with Gasteiger partial charge in [-0.1, -0.05) is 30.3 Å². The van der Waals surface area contributed by atoms with Crippen molar-refractivity contribution in [3.05, 3.63) is 54.4 Å². The summed E-state index contributed by atoms with van der Waals surface area (Å²) in [5.74, 6) is 0.582. The highest BCUT2D eigenvalue weighted by atomic mass is 32.2. The molecule has 0 spiro atoms. The molecule has 2 rings (SSSR count). The molecule has 0 bridgehead atoms. The van der Waals surface area contributed by atoms with Gasteiger partial charge < -0.3 is 5.73 Å². The van der Waals surface area contributed by atoms with Crippen LogP contribution in [0.4, 0.5) is 5.69 Å². The van der Waals surface area contributed by atoms with Gasteiger partial charge in [-0.25, -0.2) is 0 Å². The van der Waals surface area contributed by atoms with E-state index in [9.17, 15) is 4.21 Å². The molecule has 3 nitrogen and oxygen atoms in total. The molecule has 1 unspecified atom stereocenters. The third-order valence-electron chi connectivity index (χ3n) is 2.47. The predicted octanol–water partition coefficient (Wildman–Crippen LogP) is 2.01. The summed E-state index contributed by atoms with van der Waals surface area (Å²) in [5.41, 5.74) is 7.42. The molecular weight excluding hydrogens is 232 g/mol. The zero-order valence-electron chi connectivity index (χ0n) is 9.37. The molecule has 4 heteroatoms. The van der Waals surface area contributed by atoms with Crippen LogP contribution >= 0.6 is 0 Å². The number of hydrogen-bond acceptors (Lipinski definition) is 3. The lowest BCUT2D eigenvalue weighted by Crippen LogP contribution is -2.04. The largest absolute Gasteiger partial charge is 0.396 e. The highest BCUT2D eigenvalue weighted by Crippen LogP contribution is 2.15. The van der Waals surface area contributed by atoms with Gasteiger partial charge in [0.25, 0.3) is 0 Å². The average molecular weight is 246 g/mol. The number of aryl methyl sites for hydroxylation is 1. The molecule has 2 N–H and O–H groups in total. The molecule has 0 aliphatic heterocycles. The number of nitrogen functional groups attached to an aromatic ring is 1. The van der Waals surface area contributed by atoms with Crippen molar-refractivity contribution in [1.29, 1.82) is 0 Å². The van der Waals surface area contributed by atoms with Crippen molar-refractivity contribution in [3.63, 3.8) is 0 Å². The molecule has 88 valence electrons. The highest BCUT2D eigenvalue weighted by Gasteiger charge is 2.07. The maximum atomic E-state index is 12.0. The van der Waals surface area contributed by atoms with Gasteiger partial charge >= 0.3 is 0 Å². The van der Waals surface area contributed by atoms with Crippen molar-refractivity contribution in [1.82, 2.24) is 4.98 Å². The van der Waals surface area contributed by atoms with E-state index in [1.54, 1.807) is 12.3 Å². The van der Waals surface area contributed by atoms with Gasteiger partial charge in [0.2, 0.25) is 0 Å². The maximum Gasteiger partial charge on any atom is 0.0664 e. The van der Waals surface area contributed by atoms with Crippen molar-refractivity contribution in [2.24, 2.45) is 0 Å². The van der Waals surface area contributed by atoms with Crippen LogP contribution in [0.5, 0.6) is 0 Å². The van der Waals surface area contributed by atoms with Crippen molar-refractivity contribution in [2.45, 2.75) is 11.3 Å². The molecule has 0 amide bonds. The number of hydrogen-bond donors (Lipinski definition) is 1. The number of nitrogens with zero attached hydrogens (tertiary/aromatic N) is 1. The molecule has 1 atom stereocenters. The highest BCUT2D eigenvalue weighted by molar-refractivity contribution is 7.85. The summed E-state index contributed by atoms with van der Waals surface area (Å²) in [4.78, 5) is 4.56. The molecule has 0 aliphatic rings. The van der Waals surface area contributed by atoms with Crippen LogP contribution in [0, 0.1) is 0 Å². The first kappa shape index (κ1) is 11.8. The molecule has 1 aromatic carbocycles. The van der Waals surface area contributed by atoms with Gasteiger partial charge in [-0.3, -0.25) is 9.19 Å². The Morgan fingerprint density at radius 1 is 1.18 bits per heavy atom. The average Bonchev–Trinajstić information content (AvgIpc) is 2.38. The molecule has 1 aromatic heterocycles. The molecule has 2 aromatic rings. The fourth-order valence-corrected chi connectivity index (χ4v) is 2.74. The summed E-state index contributed by atoms with van der Waals surface area (Å²) in [5, 5.41) is 0. The second-order valence-corrected chi connectivity index (χ2v) is 5.24. The predicted molar refractivity (Wildman–Crippen MR) is 70.1 cm³/mol. The Morgan fingerprint density at radius 3 is 2.65 bits per heavy atom. The second-order valence-electron chi connectivity index (χ2n) is 3.70. The van der Waals surface area contributed by atoms with Crippen LogP contribution in [0.15, 0.2) is 53.7 Å². The summed E-state index contributed by atoms with van der Waals surface area (Å²) in [6.45, 7) is 0. The smallest absolute Gasteiger partial charge is 0.0664 e. The van der Waals surface area contributed by atoms with Gasteiger partial charge in [0, 0.05) is 11.9 Å². The Kier molecular flexibility index (Phi) is 3.88. The van der Waals surface area contributed by atoms with Crippen molar-refractivity contribution < 1.29 is 4.21 Å². The first-order valence-corrected chi connectivity index (χ1v) is 6.71. The standard InChI is InChI=1S/C13H14N2OS/c14-12-10-15-8-6-13(12)17(16)9-7-11-4-2-1-3-5-11/h1-6,8,10H,7,9,14H2. The number of nitrogens with two attached hydrogens (primary N) is 1. The van der Waals surface area contributed by atoms with Gasteiger partial charge in [0.15, 0.2) is 0 Å². The first-order chi connectivity index (χ1) is 8.27.